The number of aryl methyl sites for hydroxylation is 1. The Kier molecular flexibility index (Phi) is 7.34. The van der Waals surface area contributed by atoms with E-state index in [1.54, 1.807) is 32.4 Å². The molecule has 0 atom stereocenters. The number of nitrogens with zero attached hydrogens (tertiary/aromatic N) is 2. The van der Waals surface area contributed by atoms with E-state index in [0.29, 0.717) is 33.9 Å². The van der Waals surface area contributed by atoms with Gasteiger partial charge in [-0.1, -0.05) is 23.9 Å². The lowest BCUT2D eigenvalue weighted by atomic mass is 10.2. The highest BCUT2D eigenvalue weighted by atomic mass is 32.2. The van der Waals surface area contributed by atoms with Crippen LogP contribution in [0, 0.1) is 6.92 Å². The molecular formula is C25H24N4O4S. The Morgan fingerprint density at radius 3 is 2.50 bits per heavy atom. The van der Waals surface area contributed by atoms with Crippen LogP contribution in [-0.4, -0.2) is 41.1 Å². The van der Waals surface area contributed by atoms with E-state index >= 15 is 0 Å². The third-order valence-electron chi connectivity index (χ3n) is 4.82. The van der Waals surface area contributed by atoms with Gasteiger partial charge in [-0.2, -0.15) is 0 Å². The quantitative estimate of drug-likeness (QED) is 0.316. The molecule has 0 saturated carbocycles. The van der Waals surface area contributed by atoms with Crippen molar-refractivity contribution in [1.29, 1.82) is 0 Å². The van der Waals surface area contributed by atoms with Crippen LogP contribution in [0.25, 0.3) is 11.4 Å². The van der Waals surface area contributed by atoms with Crippen molar-refractivity contribution in [3.8, 4) is 34.4 Å². The lowest BCUT2D eigenvalue weighted by Crippen LogP contribution is -2.14. The van der Waals surface area contributed by atoms with E-state index in [2.05, 4.69) is 20.5 Å². The maximum atomic E-state index is 12.4. The Bertz CT molecular complexity index is 1270. The maximum Gasteiger partial charge on any atom is 0.234 e. The molecule has 1 aromatic heterocycles. The molecular weight excluding hydrogens is 452 g/mol. The summed E-state index contributed by atoms with van der Waals surface area (Å²) in [5.74, 6) is 3.31. The number of aromatic nitrogens is 3. The Labute approximate surface area is 201 Å². The van der Waals surface area contributed by atoms with Gasteiger partial charge < -0.3 is 19.5 Å². The topological polar surface area (TPSA) is 98.4 Å². The van der Waals surface area contributed by atoms with Gasteiger partial charge in [0.2, 0.25) is 11.1 Å². The number of carbonyl (C=O) groups excluding carboxylic acids is 1. The third-order valence-corrected chi connectivity index (χ3v) is 5.67. The number of hydrogen-bond donors (Lipinski definition) is 2. The second kappa shape index (κ2) is 10.8. The Balaban J connectivity index is 1.31. The molecule has 0 radical (unpaired) electrons. The van der Waals surface area contributed by atoms with Gasteiger partial charge >= 0.3 is 0 Å². The Hall–Kier alpha value is -3.98. The average molecular weight is 477 g/mol. The van der Waals surface area contributed by atoms with Crippen molar-refractivity contribution in [2.45, 2.75) is 12.1 Å². The molecule has 34 heavy (non-hydrogen) atoms. The summed E-state index contributed by atoms with van der Waals surface area (Å²) in [6.45, 7) is 2.01. The van der Waals surface area contributed by atoms with Crippen LogP contribution in [-0.2, 0) is 4.79 Å². The van der Waals surface area contributed by atoms with Crippen molar-refractivity contribution in [3.05, 3.63) is 72.3 Å². The van der Waals surface area contributed by atoms with E-state index in [9.17, 15) is 4.79 Å². The molecule has 174 valence electrons. The number of thioether (sulfide) groups is 1. The molecule has 8 nitrogen and oxygen atoms in total. The first-order chi connectivity index (χ1) is 16.5. The fraction of sp³-hybridized carbons (Fsp3) is 0.160. The minimum atomic E-state index is -0.161. The Morgan fingerprint density at radius 1 is 0.971 bits per heavy atom. The minimum absolute atomic E-state index is 0.161. The van der Waals surface area contributed by atoms with E-state index in [1.807, 2.05) is 55.5 Å². The van der Waals surface area contributed by atoms with Gasteiger partial charge in [0.25, 0.3) is 0 Å². The first-order valence-corrected chi connectivity index (χ1v) is 11.4. The van der Waals surface area contributed by atoms with Crippen molar-refractivity contribution in [2.75, 3.05) is 25.3 Å². The third kappa shape index (κ3) is 5.87. The monoisotopic (exact) mass is 476 g/mol. The van der Waals surface area contributed by atoms with E-state index in [1.165, 1.54) is 11.8 Å². The number of ether oxygens (including phenoxy) is 3. The molecule has 9 heteroatoms. The summed E-state index contributed by atoms with van der Waals surface area (Å²) in [6, 6.07) is 20.5. The second-order valence-corrected chi connectivity index (χ2v) is 8.26. The predicted molar refractivity (Wildman–Crippen MR) is 132 cm³/mol. The van der Waals surface area contributed by atoms with E-state index in [4.69, 9.17) is 14.2 Å². The van der Waals surface area contributed by atoms with Crippen LogP contribution in [0.3, 0.4) is 0 Å². The molecule has 2 N–H and O–H groups in total. The summed E-state index contributed by atoms with van der Waals surface area (Å²) in [7, 11) is 3.17. The summed E-state index contributed by atoms with van der Waals surface area (Å²) >= 11 is 1.23. The smallest absolute Gasteiger partial charge is 0.234 e. The molecule has 0 aliphatic rings. The van der Waals surface area contributed by atoms with Crippen molar-refractivity contribution in [1.82, 2.24) is 15.2 Å². The number of H-pyrrole nitrogens is 1. The predicted octanol–water partition coefficient (Wildman–Crippen LogP) is 5.32. The maximum absolute atomic E-state index is 12.4. The summed E-state index contributed by atoms with van der Waals surface area (Å²) in [5, 5.41) is 10.4. The summed E-state index contributed by atoms with van der Waals surface area (Å²) in [5.41, 5.74) is 2.56. The van der Waals surface area contributed by atoms with Gasteiger partial charge in [0.1, 0.15) is 23.0 Å². The highest BCUT2D eigenvalue weighted by Crippen LogP contribution is 2.32. The highest BCUT2D eigenvalue weighted by Gasteiger charge is 2.14. The molecule has 0 aliphatic carbocycles. The molecule has 1 heterocycles. The zero-order valence-electron chi connectivity index (χ0n) is 19.0. The number of nitrogens with one attached hydrogen (secondary N) is 2. The Morgan fingerprint density at radius 2 is 1.76 bits per heavy atom. The molecule has 0 saturated heterocycles. The van der Waals surface area contributed by atoms with Crippen LogP contribution in [0.2, 0.25) is 0 Å². The fourth-order valence-corrected chi connectivity index (χ4v) is 3.77. The number of benzene rings is 3. The zero-order valence-corrected chi connectivity index (χ0v) is 19.8. The van der Waals surface area contributed by atoms with Crippen LogP contribution in [0.5, 0.6) is 23.0 Å². The van der Waals surface area contributed by atoms with Gasteiger partial charge in [0.05, 0.1) is 25.5 Å². The van der Waals surface area contributed by atoms with Crippen LogP contribution in [0.15, 0.2) is 71.9 Å². The number of aromatic amines is 1. The number of rotatable bonds is 9. The molecule has 0 fully saturated rings. The van der Waals surface area contributed by atoms with E-state index in [0.717, 1.165) is 16.9 Å². The number of methoxy groups -OCH3 is 2. The standard InChI is InChI=1S/C25H24N4O4S/c1-16-5-4-6-20(13-16)33-18-9-7-17(8-10-18)26-23(30)15-34-25-27-24(28-29-25)21-12-11-19(31-2)14-22(21)32-3/h4-14H,15H2,1-3H3,(H,26,30)(H,27,28,29). The molecule has 0 unspecified atom stereocenters. The van der Waals surface area contributed by atoms with Gasteiger partial charge in [0.15, 0.2) is 5.82 Å². The molecule has 0 aliphatic heterocycles. The van der Waals surface area contributed by atoms with Crippen molar-refractivity contribution < 1.29 is 19.0 Å². The first kappa shape index (κ1) is 23.2. The van der Waals surface area contributed by atoms with Gasteiger partial charge in [-0.25, -0.2) is 4.98 Å². The minimum Gasteiger partial charge on any atom is -0.497 e. The SMILES string of the molecule is COc1ccc(-c2nc(SCC(=O)Nc3ccc(Oc4cccc(C)c4)cc3)n[nH]2)c(OC)c1. The van der Waals surface area contributed by atoms with E-state index < -0.39 is 0 Å². The van der Waals surface area contributed by atoms with Gasteiger partial charge in [-0.3, -0.25) is 9.89 Å². The number of hydrogen-bond acceptors (Lipinski definition) is 7. The molecule has 4 rings (SSSR count). The fourth-order valence-electron chi connectivity index (χ4n) is 3.17. The normalized spacial score (nSPS) is 10.6. The van der Waals surface area contributed by atoms with Gasteiger partial charge in [0, 0.05) is 11.8 Å². The number of amides is 1. The van der Waals surface area contributed by atoms with Crippen molar-refractivity contribution in [2.24, 2.45) is 0 Å². The van der Waals surface area contributed by atoms with E-state index in [-0.39, 0.29) is 11.7 Å². The summed E-state index contributed by atoms with van der Waals surface area (Å²) in [6.07, 6.45) is 0. The molecule has 4 aromatic rings. The lowest BCUT2D eigenvalue weighted by Gasteiger charge is -2.08. The number of anilines is 1. The van der Waals surface area contributed by atoms with Crippen LogP contribution in [0.4, 0.5) is 5.69 Å². The molecule has 0 bridgehead atoms. The van der Waals surface area contributed by atoms with Gasteiger partial charge in [-0.05, 0) is 61.0 Å². The highest BCUT2D eigenvalue weighted by molar-refractivity contribution is 7.99. The van der Waals surface area contributed by atoms with Crippen LogP contribution >= 0.6 is 11.8 Å². The average Bonchev–Trinajstić information content (AvgIpc) is 3.32. The van der Waals surface area contributed by atoms with Gasteiger partial charge in [-0.15, -0.1) is 5.10 Å². The van der Waals surface area contributed by atoms with Crippen molar-refractivity contribution in [3.63, 3.8) is 0 Å². The summed E-state index contributed by atoms with van der Waals surface area (Å²) < 4.78 is 16.5. The molecule has 1 amide bonds. The van der Waals surface area contributed by atoms with Crippen molar-refractivity contribution >= 4 is 23.4 Å². The molecule has 0 spiro atoms. The molecule has 3 aromatic carbocycles. The van der Waals surface area contributed by atoms with Crippen LogP contribution in [0.1, 0.15) is 5.56 Å². The summed E-state index contributed by atoms with van der Waals surface area (Å²) in [4.78, 5) is 16.8. The van der Waals surface area contributed by atoms with Crippen LogP contribution < -0.4 is 19.5 Å². The largest absolute Gasteiger partial charge is 0.497 e. The zero-order chi connectivity index (χ0) is 23.9. The number of carbonyl (C=O) groups is 1. The second-order valence-electron chi connectivity index (χ2n) is 7.31. The lowest BCUT2D eigenvalue weighted by molar-refractivity contribution is -0.113. The first-order valence-electron chi connectivity index (χ1n) is 10.5.